The Morgan fingerprint density at radius 3 is 0.702 bits per heavy atom. The van der Waals surface area contributed by atoms with Crippen LogP contribution in [0.5, 0.6) is 23.0 Å². The van der Waals surface area contributed by atoms with Crippen LogP contribution in [0.3, 0.4) is 0 Å². The van der Waals surface area contributed by atoms with E-state index in [0.29, 0.717) is 36.5 Å². The minimum absolute atomic E-state index is 0.514. The molecular weight excluding hydrogens is 1070 g/mol. The summed E-state index contributed by atoms with van der Waals surface area (Å²) < 4.78 is 28.0. The van der Waals surface area contributed by atoms with E-state index < -0.39 is 0 Å². The Morgan fingerprint density at radius 1 is 0.226 bits per heavy atom. The van der Waals surface area contributed by atoms with Crippen molar-refractivity contribution in [3.63, 3.8) is 0 Å². The summed E-state index contributed by atoms with van der Waals surface area (Å²) in [4.78, 5) is 0. The fourth-order valence-corrected chi connectivity index (χ4v) is 13.1. The molecule has 0 aliphatic rings. The first kappa shape index (κ1) is 76.2. The standard InChI is InChI=1S/C78H136Cl2O4/c1-5-9-13-17-21-25-29-33-37-41-45-49-53-57-65-81-71-63-64-72(82-66-58-54-50-46-42-38-34-30-26-22-18-14-10-6-2)75-74(71)77(83-67-59-55-51-47-43-39-35-31-27-23-19-15-11-7-3)69-61-62-70(79)76(80)73(69)78(75)84-68-60-56-52-48-44-40-36-32-28-24-20-16-12-8-4/h61-64H,5-60,65-68H2,1-4H3. The molecule has 3 aromatic carbocycles. The first-order chi connectivity index (χ1) is 41.6. The van der Waals surface area contributed by atoms with Gasteiger partial charge in [0.2, 0.25) is 0 Å². The molecule has 6 heteroatoms. The smallest absolute Gasteiger partial charge is 0.140 e. The highest BCUT2D eigenvalue weighted by Crippen LogP contribution is 2.53. The molecule has 0 bridgehead atoms. The maximum Gasteiger partial charge on any atom is 0.140 e. The summed E-state index contributed by atoms with van der Waals surface area (Å²) in [6, 6.07) is 8.31. The van der Waals surface area contributed by atoms with Crippen molar-refractivity contribution >= 4 is 44.7 Å². The second-order valence-electron chi connectivity index (χ2n) is 26.0. The van der Waals surface area contributed by atoms with E-state index >= 15 is 0 Å². The van der Waals surface area contributed by atoms with E-state index in [-0.39, 0.29) is 0 Å². The molecule has 0 saturated heterocycles. The number of hydrogen-bond acceptors (Lipinski definition) is 4. The van der Waals surface area contributed by atoms with Gasteiger partial charge in [-0.1, -0.05) is 385 Å². The molecule has 0 aliphatic carbocycles. The van der Waals surface area contributed by atoms with Gasteiger partial charge in [-0.05, 0) is 49.9 Å². The molecule has 0 aliphatic heterocycles. The average molecular weight is 1210 g/mol. The highest BCUT2D eigenvalue weighted by molar-refractivity contribution is 6.46. The third kappa shape index (κ3) is 37.1. The van der Waals surface area contributed by atoms with Crippen LogP contribution in [0.15, 0.2) is 24.3 Å². The van der Waals surface area contributed by atoms with E-state index in [2.05, 4.69) is 45.9 Å². The molecule has 0 radical (unpaired) electrons. The average Bonchev–Trinajstić information content (AvgIpc) is 1.39. The minimum Gasteiger partial charge on any atom is -0.493 e. The van der Waals surface area contributed by atoms with Crippen molar-refractivity contribution in [2.75, 3.05) is 26.4 Å². The van der Waals surface area contributed by atoms with Gasteiger partial charge in [-0.25, -0.2) is 0 Å². The highest BCUT2D eigenvalue weighted by atomic mass is 35.5. The maximum absolute atomic E-state index is 7.38. The maximum atomic E-state index is 7.38. The molecule has 4 nitrogen and oxygen atoms in total. The summed E-state index contributed by atoms with van der Waals surface area (Å²) in [5.74, 6) is 3.23. The molecule has 84 heavy (non-hydrogen) atoms. The van der Waals surface area contributed by atoms with Crippen molar-refractivity contribution in [1.29, 1.82) is 0 Å². The number of fused-ring (bicyclic) bond motifs is 2. The summed E-state index contributed by atoms with van der Waals surface area (Å²) in [6.45, 7) is 11.8. The van der Waals surface area contributed by atoms with Crippen molar-refractivity contribution < 1.29 is 18.9 Å². The van der Waals surface area contributed by atoms with Crippen LogP contribution in [0, 0.1) is 0 Å². The van der Waals surface area contributed by atoms with Crippen LogP contribution in [0.25, 0.3) is 21.5 Å². The van der Waals surface area contributed by atoms with E-state index in [0.717, 1.165) is 83.1 Å². The quantitative estimate of drug-likeness (QED) is 0.0417. The molecule has 0 unspecified atom stereocenters. The van der Waals surface area contributed by atoms with Gasteiger partial charge < -0.3 is 18.9 Å². The van der Waals surface area contributed by atoms with Crippen molar-refractivity contribution in [1.82, 2.24) is 0 Å². The van der Waals surface area contributed by atoms with Crippen molar-refractivity contribution in [3.8, 4) is 23.0 Å². The Bertz CT molecular complexity index is 1930. The molecule has 3 aromatic rings. The van der Waals surface area contributed by atoms with Gasteiger partial charge in [0.25, 0.3) is 0 Å². The molecule has 0 fully saturated rings. The van der Waals surface area contributed by atoms with E-state index in [9.17, 15) is 0 Å². The van der Waals surface area contributed by atoms with Crippen LogP contribution in [0.4, 0.5) is 0 Å². The van der Waals surface area contributed by atoms with E-state index in [1.54, 1.807) is 0 Å². The highest BCUT2D eigenvalue weighted by Gasteiger charge is 2.26. The third-order valence-electron chi connectivity index (χ3n) is 18.1. The molecule has 0 aromatic heterocycles. The number of ether oxygens (including phenoxy) is 4. The van der Waals surface area contributed by atoms with Crippen LogP contribution in [0.1, 0.15) is 387 Å². The molecule has 486 valence electrons. The van der Waals surface area contributed by atoms with Crippen LogP contribution >= 0.6 is 23.2 Å². The fourth-order valence-electron chi connectivity index (χ4n) is 12.7. The van der Waals surface area contributed by atoms with Gasteiger partial charge in [0, 0.05) is 10.8 Å². The molecule has 0 amide bonds. The predicted molar refractivity (Wildman–Crippen MR) is 375 cm³/mol. The van der Waals surface area contributed by atoms with Crippen LogP contribution in [0.2, 0.25) is 10.0 Å². The second kappa shape index (κ2) is 56.2. The van der Waals surface area contributed by atoms with Crippen LogP contribution in [-0.4, -0.2) is 26.4 Å². The Kier molecular flexibility index (Phi) is 51.0. The zero-order valence-electron chi connectivity index (χ0n) is 56.1. The normalized spacial score (nSPS) is 11.7. The molecule has 0 spiro atoms. The van der Waals surface area contributed by atoms with Crippen molar-refractivity contribution in [2.45, 2.75) is 387 Å². The summed E-state index contributed by atoms with van der Waals surface area (Å²) >= 11 is 14.4. The summed E-state index contributed by atoms with van der Waals surface area (Å²) in [5.41, 5.74) is 0. The number of unbranched alkanes of at least 4 members (excludes halogenated alkanes) is 52. The molecule has 0 heterocycles. The predicted octanol–water partition coefficient (Wildman–Crippen LogP) is 28.7. The van der Waals surface area contributed by atoms with E-state index in [1.807, 2.05) is 6.07 Å². The van der Waals surface area contributed by atoms with Gasteiger partial charge in [0.05, 0.1) is 47.2 Å². The Labute approximate surface area is 531 Å². The monoisotopic (exact) mass is 1210 g/mol. The second-order valence-corrected chi connectivity index (χ2v) is 26.8. The lowest BCUT2D eigenvalue weighted by Gasteiger charge is -2.23. The van der Waals surface area contributed by atoms with Crippen LogP contribution < -0.4 is 18.9 Å². The van der Waals surface area contributed by atoms with Crippen molar-refractivity contribution in [3.05, 3.63) is 34.3 Å². The molecule has 0 saturated carbocycles. The summed E-state index contributed by atoms with van der Waals surface area (Å²) in [5, 5.41) is 4.66. The summed E-state index contributed by atoms with van der Waals surface area (Å²) in [6.07, 6.45) is 74.6. The Hall–Kier alpha value is -2.04. The molecular formula is C78H136Cl2O4. The number of rotatable bonds is 64. The topological polar surface area (TPSA) is 36.9 Å². The van der Waals surface area contributed by atoms with Gasteiger partial charge >= 0.3 is 0 Å². The number of halogens is 2. The lowest BCUT2D eigenvalue weighted by atomic mass is 9.98. The van der Waals surface area contributed by atoms with Crippen LogP contribution in [-0.2, 0) is 0 Å². The van der Waals surface area contributed by atoms with Gasteiger partial charge in [-0.2, -0.15) is 0 Å². The Balaban J connectivity index is 1.76. The SMILES string of the molecule is CCCCCCCCCCCCCCCCOc1ccc(OCCCCCCCCCCCCCCCC)c2c(OCCCCCCCCCCCCCCCC)c3c(Cl)c(Cl)ccc3c(OCCCCCCCCCCCCCCCC)c12. The first-order valence-electron chi connectivity index (χ1n) is 37.5. The lowest BCUT2D eigenvalue weighted by Crippen LogP contribution is -2.06. The molecule has 0 N–H and O–H groups in total. The fraction of sp³-hybridized carbons (Fsp3) is 0.821. The van der Waals surface area contributed by atoms with E-state index in [4.69, 9.17) is 42.1 Å². The zero-order chi connectivity index (χ0) is 59.9. The Morgan fingerprint density at radius 2 is 0.440 bits per heavy atom. The largest absolute Gasteiger partial charge is 0.493 e. The number of hydrogen-bond donors (Lipinski definition) is 0. The van der Waals surface area contributed by atoms with Gasteiger partial charge in [0.15, 0.2) is 0 Å². The van der Waals surface area contributed by atoms with Gasteiger partial charge in [-0.3, -0.25) is 0 Å². The molecule has 0 atom stereocenters. The third-order valence-corrected chi connectivity index (χ3v) is 19.0. The lowest BCUT2D eigenvalue weighted by molar-refractivity contribution is 0.290. The van der Waals surface area contributed by atoms with Crippen molar-refractivity contribution in [2.24, 2.45) is 0 Å². The summed E-state index contributed by atoms with van der Waals surface area (Å²) in [7, 11) is 0. The van der Waals surface area contributed by atoms with Gasteiger partial charge in [-0.15, -0.1) is 0 Å². The number of benzene rings is 3. The first-order valence-corrected chi connectivity index (χ1v) is 38.3. The minimum atomic E-state index is 0.514. The van der Waals surface area contributed by atoms with E-state index in [1.165, 1.54) is 321 Å². The zero-order valence-corrected chi connectivity index (χ0v) is 57.6. The molecule has 3 rings (SSSR count). The van der Waals surface area contributed by atoms with Gasteiger partial charge in [0.1, 0.15) is 23.0 Å².